The summed E-state index contributed by atoms with van der Waals surface area (Å²) in [6, 6.07) is 15.8. The first-order valence-electron chi connectivity index (χ1n) is 10.5. The van der Waals surface area contributed by atoms with Crippen molar-refractivity contribution in [3.05, 3.63) is 69.5 Å². The van der Waals surface area contributed by atoms with Gasteiger partial charge in [0.15, 0.2) is 5.13 Å². The summed E-state index contributed by atoms with van der Waals surface area (Å²) in [6.07, 6.45) is 0.891. The zero-order chi connectivity index (χ0) is 21.6. The molecule has 0 unspecified atom stereocenters. The van der Waals surface area contributed by atoms with Crippen molar-refractivity contribution < 1.29 is 9.53 Å². The van der Waals surface area contributed by atoms with Crippen LogP contribution in [0, 0.1) is 6.92 Å². The molecule has 2 heterocycles. The third-order valence-corrected chi connectivity index (χ3v) is 6.76. The molecule has 2 aromatic carbocycles. The van der Waals surface area contributed by atoms with E-state index < -0.39 is 0 Å². The molecule has 0 aliphatic carbocycles. The van der Waals surface area contributed by atoms with Gasteiger partial charge in [-0.2, -0.15) is 0 Å². The van der Waals surface area contributed by atoms with Crippen LogP contribution in [0.25, 0.3) is 11.3 Å². The minimum atomic E-state index is -0.0146. The lowest BCUT2D eigenvalue weighted by Gasteiger charge is -2.27. The second-order valence-electron chi connectivity index (χ2n) is 7.65. The monoisotopic (exact) mass is 499 g/mol. The van der Waals surface area contributed by atoms with Crippen LogP contribution in [0.2, 0.25) is 0 Å². The Morgan fingerprint density at radius 2 is 1.84 bits per heavy atom. The van der Waals surface area contributed by atoms with E-state index in [1.54, 1.807) is 0 Å². The molecule has 3 aromatic rings. The van der Waals surface area contributed by atoms with Gasteiger partial charge < -0.3 is 4.74 Å². The van der Waals surface area contributed by atoms with Crippen LogP contribution in [-0.4, -0.2) is 55.2 Å². The third kappa shape index (κ3) is 5.80. The average Bonchev–Trinajstić information content (AvgIpc) is 3.28. The van der Waals surface area contributed by atoms with Gasteiger partial charge in [0, 0.05) is 47.2 Å². The summed E-state index contributed by atoms with van der Waals surface area (Å²) in [5.74, 6) is -0.0146. The molecule has 0 atom stereocenters. The smallest absolute Gasteiger partial charge is 0.260 e. The predicted molar refractivity (Wildman–Crippen MR) is 130 cm³/mol. The highest BCUT2D eigenvalue weighted by Crippen LogP contribution is 2.29. The van der Waals surface area contributed by atoms with Crippen LogP contribution in [0.4, 0.5) is 5.13 Å². The SMILES string of the molecule is Cc1ccc(-c2csc(N(CCCN3CCOCC3)C(=O)c3ccc(Br)cc3)n2)cc1. The molecule has 1 saturated heterocycles. The van der Waals surface area contributed by atoms with E-state index in [9.17, 15) is 4.79 Å². The van der Waals surface area contributed by atoms with Crippen LogP contribution in [0.3, 0.4) is 0 Å². The van der Waals surface area contributed by atoms with Gasteiger partial charge in [-0.05, 0) is 37.6 Å². The quantitative estimate of drug-likeness (QED) is 0.445. The van der Waals surface area contributed by atoms with E-state index in [-0.39, 0.29) is 5.91 Å². The van der Waals surface area contributed by atoms with Gasteiger partial charge in [-0.25, -0.2) is 4.98 Å². The maximum atomic E-state index is 13.4. The zero-order valence-corrected chi connectivity index (χ0v) is 20.0. The van der Waals surface area contributed by atoms with E-state index in [2.05, 4.69) is 52.0 Å². The number of carbonyl (C=O) groups is 1. The number of aryl methyl sites for hydroxylation is 1. The normalized spacial score (nSPS) is 14.5. The minimum Gasteiger partial charge on any atom is -0.379 e. The molecule has 0 spiro atoms. The largest absolute Gasteiger partial charge is 0.379 e. The number of carbonyl (C=O) groups excluding carboxylic acids is 1. The molecule has 1 fully saturated rings. The van der Waals surface area contributed by atoms with Crippen molar-refractivity contribution in [2.75, 3.05) is 44.3 Å². The van der Waals surface area contributed by atoms with Crippen LogP contribution in [0.1, 0.15) is 22.3 Å². The lowest BCUT2D eigenvalue weighted by molar-refractivity contribution is 0.0376. The van der Waals surface area contributed by atoms with Gasteiger partial charge in [-0.15, -0.1) is 11.3 Å². The number of halogens is 1. The fraction of sp³-hybridized carbons (Fsp3) is 0.333. The van der Waals surface area contributed by atoms with Crippen molar-refractivity contribution in [2.45, 2.75) is 13.3 Å². The van der Waals surface area contributed by atoms with Crippen LogP contribution in [0.5, 0.6) is 0 Å². The highest BCUT2D eigenvalue weighted by Gasteiger charge is 2.21. The van der Waals surface area contributed by atoms with Gasteiger partial charge in [0.25, 0.3) is 5.91 Å². The van der Waals surface area contributed by atoms with E-state index >= 15 is 0 Å². The second-order valence-corrected chi connectivity index (χ2v) is 9.40. The van der Waals surface area contributed by atoms with Crippen molar-refractivity contribution in [1.29, 1.82) is 0 Å². The number of nitrogens with zero attached hydrogens (tertiary/aromatic N) is 3. The van der Waals surface area contributed by atoms with Crippen LogP contribution >= 0.6 is 27.3 Å². The van der Waals surface area contributed by atoms with Crippen molar-refractivity contribution in [1.82, 2.24) is 9.88 Å². The Morgan fingerprint density at radius 1 is 1.13 bits per heavy atom. The number of thiazole rings is 1. The number of rotatable bonds is 7. The van der Waals surface area contributed by atoms with Crippen molar-refractivity contribution in [3.8, 4) is 11.3 Å². The lowest BCUT2D eigenvalue weighted by Crippen LogP contribution is -2.39. The van der Waals surface area contributed by atoms with Gasteiger partial charge in [-0.3, -0.25) is 14.6 Å². The average molecular weight is 500 g/mol. The molecule has 1 aliphatic heterocycles. The van der Waals surface area contributed by atoms with Gasteiger partial charge in [0.05, 0.1) is 18.9 Å². The topological polar surface area (TPSA) is 45.7 Å². The predicted octanol–water partition coefficient (Wildman–Crippen LogP) is 5.25. The van der Waals surface area contributed by atoms with Crippen molar-refractivity contribution >= 4 is 38.3 Å². The molecular weight excluding hydrogens is 474 g/mol. The molecule has 5 nitrogen and oxygen atoms in total. The molecular formula is C24H26BrN3O2S. The summed E-state index contributed by atoms with van der Waals surface area (Å²) in [7, 11) is 0. The molecule has 162 valence electrons. The van der Waals surface area contributed by atoms with Gasteiger partial charge in [0.1, 0.15) is 0 Å². The van der Waals surface area contributed by atoms with E-state index in [0.717, 1.165) is 60.1 Å². The number of benzene rings is 2. The van der Waals surface area contributed by atoms with Gasteiger partial charge in [0.2, 0.25) is 0 Å². The third-order valence-electron chi connectivity index (χ3n) is 5.37. The summed E-state index contributed by atoms with van der Waals surface area (Å²) in [4.78, 5) is 22.4. The second kappa shape index (κ2) is 10.5. The van der Waals surface area contributed by atoms with E-state index in [0.29, 0.717) is 12.1 Å². The molecule has 0 bridgehead atoms. The number of hydrogen-bond donors (Lipinski definition) is 0. The number of aromatic nitrogens is 1. The lowest BCUT2D eigenvalue weighted by atomic mass is 10.1. The number of hydrogen-bond acceptors (Lipinski definition) is 5. The van der Waals surface area contributed by atoms with E-state index in [1.807, 2.05) is 34.5 Å². The number of ether oxygens (including phenoxy) is 1. The molecule has 4 rings (SSSR count). The Kier molecular flexibility index (Phi) is 7.50. The number of anilines is 1. The summed E-state index contributed by atoms with van der Waals surface area (Å²) < 4.78 is 6.39. The van der Waals surface area contributed by atoms with Crippen LogP contribution in [-0.2, 0) is 4.74 Å². The highest BCUT2D eigenvalue weighted by atomic mass is 79.9. The van der Waals surface area contributed by atoms with E-state index in [1.165, 1.54) is 16.9 Å². The Hall–Kier alpha value is -2.06. The molecule has 1 aliphatic rings. The summed E-state index contributed by atoms with van der Waals surface area (Å²) >= 11 is 4.97. The van der Waals surface area contributed by atoms with Gasteiger partial charge >= 0.3 is 0 Å². The Bertz CT molecular complexity index is 998. The number of morpholine rings is 1. The first-order valence-corrected chi connectivity index (χ1v) is 12.2. The molecule has 0 N–H and O–H groups in total. The molecule has 7 heteroatoms. The first kappa shape index (κ1) is 22.1. The summed E-state index contributed by atoms with van der Waals surface area (Å²) in [5.41, 5.74) is 3.86. The van der Waals surface area contributed by atoms with Crippen molar-refractivity contribution in [3.63, 3.8) is 0 Å². The minimum absolute atomic E-state index is 0.0146. The van der Waals surface area contributed by atoms with Crippen LogP contribution < -0.4 is 4.90 Å². The fourth-order valence-corrected chi connectivity index (χ4v) is 4.68. The summed E-state index contributed by atoms with van der Waals surface area (Å²) in [6.45, 7) is 7.13. The standard InChI is InChI=1S/C24H26BrN3O2S/c1-18-3-5-19(6-4-18)22-17-31-24(26-22)28(12-2-11-27-13-15-30-16-14-27)23(29)20-7-9-21(25)10-8-20/h3-10,17H,2,11-16H2,1H3. The molecule has 1 aromatic heterocycles. The fourth-order valence-electron chi connectivity index (χ4n) is 3.55. The highest BCUT2D eigenvalue weighted by molar-refractivity contribution is 9.10. The molecule has 0 radical (unpaired) electrons. The Balaban J connectivity index is 1.53. The maximum Gasteiger partial charge on any atom is 0.260 e. The Morgan fingerprint density at radius 3 is 2.55 bits per heavy atom. The van der Waals surface area contributed by atoms with Crippen LogP contribution in [0.15, 0.2) is 58.4 Å². The Labute approximate surface area is 195 Å². The maximum absolute atomic E-state index is 13.4. The zero-order valence-electron chi connectivity index (χ0n) is 17.6. The first-order chi connectivity index (χ1) is 15.1. The van der Waals surface area contributed by atoms with Crippen molar-refractivity contribution in [2.24, 2.45) is 0 Å². The molecule has 31 heavy (non-hydrogen) atoms. The van der Waals surface area contributed by atoms with E-state index in [4.69, 9.17) is 9.72 Å². The molecule has 1 amide bonds. The number of amides is 1. The van der Waals surface area contributed by atoms with Gasteiger partial charge in [-0.1, -0.05) is 45.8 Å². The molecule has 0 saturated carbocycles. The summed E-state index contributed by atoms with van der Waals surface area (Å²) in [5, 5.41) is 2.77.